The van der Waals surface area contributed by atoms with Crippen LogP contribution in [-0.2, 0) is 11.3 Å². The molecular weight excluding hydrogens is 324 g/mol. The zero-order valence-corrected chi connectivity index (χ0v) is 14.6. The number of amides is 1. The molecule has 0 spiro atoms. The Morgan fingerprint density at radius 3 is 2.62 bits per heavy atom. The molecule has 2 fully saturated rings. The number of hydrogen-bond acceptors (Lipinski definition) is 3. The molecular formula is C18H23ClN4O. The third-order valence-electron chi connectivity index (χ3n) is 5.24. The largest absolute Gasteiger partial charge is 0.340 e. The highest BCUT2D eigenvalue weighted by Crippen LogP contribution is 2.27. The van der Waals surface area contributed by atoms with Crippen LogP contribution in [0.3, 0.4) is 0 Å². The van der Waals surface area contributed by atoms with Gasteiger partial charge in [0.15, 0.2) is 0 Å². The highest BCUT2D eigenvalue weighted by atomic mass is 35.5. The van der Waals surface area contributed by atoms with Crippen molar-refractivity contribution in [3.8, 4) is 0 Å². The summed E-state index contributed by atoms with van der Waals surface area (Å²) in [6, 6.07) is 3.80. The molecule has 24 heavy (non-hydrogen) atoms. The number of fused-ring (bicyclic) bond motifs is 1. The summed E-state index contributed by atoms with van der Waals surface area (Å²) in [5.74, 6) is 0.675. The summed E-state index contributed by atoms with van der Waals surface area (Å²) in [7, 11) is 0. The number of carbonyl (C=O) groups excluding carboxylic acids is 1. The monoisotopic (exact) mass is 346 g/mol. The molecule has 2 aromatic rings. The predicted molar refractivity (Wildman–Crippen MR) is 94.0 cm³/mol. The molecule has 0 N–H and O–H groups in total. The van der Waals surface area contributed by atoms with Crippen LogP contribution < -0.4 is 0 Å². The minimum atomic E-state index is 0.291. The lowest BCUT2D eigenvalue weighted by Gasteiger charge is -2.35. The van der Waals surface area contributed by atoms with Gasteiger partial charge in [0.05, 0.1) is 10.7 Å². The van der Waals surface area contributed by atoms with Crippen LogP contribution in [-0.4, -0.2) is 51.3 Å². The number of pyridine rings is 1. The Bertz CT molecular complexity index is 730. The highest BCUT2D eigenvalue weighted by molar-refractivity contribution is 6.30. The molecule has 6 heteroatoms. The van der Waals surface area contributed by atoms with E-state index in [1.54, 1.807) is 0 Å². The smallest absolute Gasteiger partial charge is 0.225 e. The quantitative estimate of drug-likeness (QED) is 0.858. The number of rotatable bonds is 3. The van der Waals surface area contributed by atoms with Crippen molar-refractivity contribution in [2.75, 3.05) is 26.2 Å². The number of nitrogens with zero attached hydrogens (tertiary/aromatic N) is 4. The maximum absolute atomic E-state index is 12.5. The van der Waals surface area contributed by atoms with Crippen molar-refractivity contribution in [2.45, 2.75) is 32.2 Å². The zero-order chi connectivity index (χ0) is 16.5. The van der Waals surface area contributed by atoms with E-state index in [1.165, 1.54) is 12.8 Å². The summed E-state index contributed by atoms with van der Waals surface area (Å²) in [6.45, 7) is 4.36. The van der Waals surface area contributed by atoms with Crippen LogP contribution in [0.25, 0.3) is 5.65 Å². The summed E-state index contributed by atoms with van der Waals surface area (Å²) >= 11 is 6.02. The lowest BCUT2D eigenvalue weighted by Crippen LogP contribution is -2.49. The van der Waals surface area contributed by atoms with Crippen molar-refractivity contribution in [1.29, 1.82) is 0 Å². The van der Waals surface area contributed by atoms with Crippen LogP contribution in [0.15, 0.2) is 24.5 Å². The first-order valence-corrected chi connectivity index (χ1v) is 9.21. The first kappa shape index (κ1) is 15.9. The molecule has 2 aromatic heterocycles. The number of imidazole rings is 1. The molecule has 0 atom stereocenters. The number of piperazine rings is 1. The third-order valence-corrected chi connectivity index (χ3v) is 5.46. The Morgan fingerprint density at radius 1 is 1.12 bits per heavy atom. The summed E-state index contributed by atoms with van der Waals surface area (Å²) in [5, 5.41) is 0.713. The van der Waals surface area contributed by atoms with Crippen molar-refractivity contribution < 1.29 is 4.79 Å². The topological polar surface area (TPSA) is 40.9 Å². The van der Waals surface area contributed by atoms with Gasteiger partial charge in [-0.2, -0.15) is 0 Å². The lowest BCUT2D eigenvalue weighted by molar-refractivity contribution is -0.137. The molecule has 4 rings (SSSR count). The van der Waals surface area contributed by atoms with Gasteiger partial charge in [-0.3, -0.25) is 9.69 Å². The first-order chi connectivity index (χ1) is 11.7. The molecule has 1 aliphatic carbocycles. The van der Waals surface area contributed by atoms with Gasteiger partial charge in [0, 0.05) is 51.0 Å². The summed E-state index contributed by atoms with van der Waals surface area (Å²) in [6.07, 6.45) is 8.52. The van der Waals surface area contributed by atoms with Crippen LogP contribution in [0.2, 0.25) is 5.02 Å². The van der Waals surface area contributed by atoms with Crippen molar-refractivity contribution >= 4 is 23.2 Å². The second-order valence-electron chi connectivity index (χ2n) is 6.93. The molecule has 5 nitrogen and oxygen atoms in total. The predicted octanol–water partition coefficient (Wildman–Crippen LogP) is 2.82. The second kappa shape index (κ2) is 6.73. The van der Waals surface area contributed by atoms with Gasteiger partial charge in [-0.15, -0.1) is 0 Å². The van der Waals surface area contributed by atoms with Crippen LogP contribution in [0, 0.1) is 5.92 Å². The van der Waals surface area contributed by atoms with Crippen molar-refractivity contribution in [2.24, 2.45) is 5.92 Å². The van der Waals surface area contributed by atoms with Gasteiger partial charge in [-0.05, 0) is 25.0 Å². The van der Waals surface area contributed by atoms with E-state index in [9.17, 15) is 4.79 Å². The van der Waals surface area contributed by atoms with Gasteiger partial charge < -0.3 is 9.30 Å². The fourth-order valence-electron chi connectivity index (χ4n) is 3.88. The SMILES string of the molecule is O=C(C1CCCC1)N1CCN(Cc2cn3cc(Cl)ccc3n2)CC1. The maximum atomic E-state index is 12.5. The number of carbonyl (C=O) groups is 1. The fourth-order valence-corrected chi connectivity index (χ4v) is 4.05. The lowest BCUT2D eigenvalue weighted by atomic mass is 10.1. The van der Waals surface area contributed by atoms with Crippen LogP contribution in [0.1, 0.15) is 31.4 Å². The Kier molecular flexibility index (Phi) is 4.46. The van der Waals surface area contributed by atoms with Crippen molar-refractivity contribution in [3.63, 3.8) is 0 Å². The van der Waals surface area contributed by atoms with E-state index < -0.39 is 0 Å². The van der Waals surface area contributed by atoms with E-state index in [0.717, 1.165) is 56.9 Å². The molecule has 0 unspecified atom stereocenters. The molecule has 0 bridgehead atoms. The first-order valence-electron chi connectivity index (χ1n) is 8.83. The molecule has 3 heterocycles. The molecule has 1 aliphatic heterocycles. The van der Waals surface area contributed by atoms with Gasteiger partial charge in [-0.25, -0.2) is 4.98 Å². The average Bonchev–Trinajstić information content (AvgIpc) is 3.23. The van der Waals surface area contributed by atoms with Gasteiger partial charge in [0.1, 0.15) is 5.65 Å². The average molecular weight is 347 g/mol. The van der Waals surface area contributed by atoms with E-state index >= 15 is 0 Å². The molecule has 1 amide bonds. The standard InChI is InChI=1S/C18H23ClN4O/c19-15-5-6-17-20-16(13-23(17)11-15)12-21-7-9-22(10-8-21)18(24)14-3-1-2-4-14/h5-6,11,13-14H,1-4,7-10,12H2. The molecule has 128 valence electrons. The summed E-state index contributed by atoms with van der Waals surface area (Å²) in [5.41, 5.74) is 1.97. The van der Waals surface area contributed by atoms with Crippen LogP contribution in [0.5, 0.6) is 0 Å². The summed E-state index contributed by atoms with van der Waals surface area (Å²) < 4.78 is 1.97. The van der Waals surface area contributed by atoms with Gasteiger partial charge in [0.2, 0.25) is 5.91 Å². The van der Waals surface area contributed by atoms with E-state index in [2.05, 4.69) is 14.8 Å². The maximum Gasteiger partial charge on any atom is 0.225 e. The van der Waals surface area contributed by atoms with Crippen molar-refractivity contribution in [1.82, 2.24) is 19.2 Å². The Labute approximate surface area is 147 Å². The Hall–Kier alpha value is -1.59. The minimum Gasteiger partial charge on any atom is -0.340 e. The normalized spacial score (nSPS) is 20.1. The van der Waals surface area contributed by atoms with E-state index in [4.69, 9.17) is 11.6 Å². The van der Waals surface area contributed by atoms with E-state index in [1.807, 2.05) is 28.9 Å². The molecule has 0 aromatic carbocycles. The van der Waals surface area contributed by atoms with Gasteiger partial charge in [-0.1, -0.05) is 24.4 Å². The number of hydrogen-bond donors (Lipinski definition) is 0. The van der Waals surface area contributed by atoms with Gasteiger partial charge in [0.25, 0.3) is 0 Å². The van der Waals surface area contributed by atoms with Crippen LogP contribution in [0.4, 0.5) is 0 Å². The van der Waals surface area contributed by atoms with E-state index in [-0.39, 0.29) is 0 Å². The Balaban J connectivity index is 1.34. The zero-order valence-electron chi connectivity index (χ0n) is 13.8. The molecule has 1 saturated heterocycles. The number of halogens is 1. The molecule has 1 saturated carbocycles. The molecule has 0 radical (unpaired) electrons. The fraction of sp³-hybridized carbons (Fsp3) is 0.556. The highest BCUT2D eigenvalue weighted by Gasteiger charge is 2.29. The minimum absolute atomic E-state index is 0.291. The second-order valence-corrected chi connectivity index (χ2v) is 7.36. The van der Waals surface area contributed by atoms with Gasteiger partial charge >= 0.3 is 0 Å². The summed E-state index contributed by atoms with van der Waals surface area (Å²) in [4.78, 5) is 21.6. The van der Waals surface area contributed by atoms with Crippen molar-refractivity contribution in [3.05, 3.63) is 35.2 Å². The molecule has 2 aliphatic rings. The number of aromatic nitrogens is 2. The Morgan fingerprint density at radius 2 is 1.88 bits per heavy atom. The van der Waals surface area contributed by atoms with E-state index in [0.29, 0.717) is 16.8 Å². The third kappa shape index (κ3) is 3.28. The van der Waals surface area contributed by atoms with Crippen LogP contribution >= 0.6 is 11.6 Å².